The van der Waals surface area contributed by atoms with Crippen LogP contribution in [0.15, 0.2) is 21.2 Å². The first-order valence-electron chi connectivity index (χ1n) is 6.58. The summed E-state index contributed by atoms with van der Waals surface area (Å²) >= 11 is 43.7. The molecule has 0 radical (unpaired) electrons. The van der Waals surface area contributed by atoms with E-state index in [-0.39, 0.29) is 16.7 Å². The van der Waals surface area contributed by atoms with Gasteiger partial charge in [0.1, 0.15) is 9.75 Å². The van der Waals surface area contributed by atoms with Gasteiger partial charge in [0.15, 0.2) is 4.33 Å². The van der Waals surface area contributed by atoms with Gasteiger partial charge in [0.05, 0.1) is 28.5 Å². The standard InChI is InChI=1S/C13H8Cl7NO3/c1-4(14)2-3-24-21-9(22)5-6(10(21)23)12(18)8(16)7(15)11(5,17)13(12,19)20/h2,5-6H,3H2,1H3/b4-2-. The second-order valence-corrected chi connectivity index (χ2v) is 9.51. The Labute approximate surface area is 172 Å². The summed E-state index contributed by atoms with van der Waals surface area (Å²) < 4.78 is -1.95. The molecule has 3 aliphatic rings. The predicted octanol–water partition coefficient (Wildman–Crippen LogP) is 4.51. The van der Waals surface area contributed by atoms with E-state index in [0.29, 0.717) is 10.1 Å². The third-order valence-corrected chi connectivity index (χ3v) is 8.85. The third kappa shape index (κ3) is 2.00. The summed E-state index contributed by atoms with van der Waals surface area (Å²) in [6, 6.07) is 0. The number of alkyl halides is 4. The van der Waals surface area contributed by atoms with Crippen molar-refractivity contribution in [3.8, 4) is 0 Å². The highest BCUT2D eigenvalue weighted by Gasteiger charge is 2.87. The van der Waals surface area contributed by atoms with E-state index < -0.39 is 37.7 Å². The molecule has 0 spiro atoms. The molecule has 2 bridgehead atoms. The Morgan fingerprint density at radius 3 is 1.88 bits per heavy atom. The molecule has 2 amide bonds. The van der Waals surface area contributed by atoms with Crippen LogP contribution in [0.3, 0.4) is 0 Å². The van der Waals surface area contributed by atoms with Gasteiger partial charge in [-0.1, -0.05) is 58.0 Å². The normalized spacial score (nSPS) is 40.8. The number of nitrogens with zero attached hydrogens (tertiary/aromatic N) is 1. The Bertz CT molecular complexity index is 670. The minimum absolute atomic E-state index is 0.0986. The van der Waals surface area contributed by atoms with Gasteiger partial charge in [-0.3, -0.25) is 14.4 Å². The SMILES string of the molecule is C/C(Cl)=C/CON1C(=O)C2C(C1=O)C1(Cl)C(Cl)=C(Cl)C2(Cl)C1(Cl)Cl. The summed E-state index contributed by atoms with van der Waals surface area (Å²) in [5, 5.41) is 0.728. The van der Waals surface area contributed by atoms with Crippen molar-refractivity contribution in [3.05, 3.63) is 21.2 Å². The van der Waals surface area contributed by atoms with Crippen LogP contribution in [-0.2, 0) is 14.4 Å². The van der Waals surface area contributed by atoms with Crippen LogP contribution in [0, 0.1) is 11.8 Å². The molecule has 1 saturated heterocycles. The Morgan fingerprint density at radius 2 is 1.50 bits per heavy atom. The predicted molar refractivity (Wildman–Crippen MR) is 94.7 cm³/mol. The number of hydrogen-bond donors (Lipinski definition) is 0. The lowest BCUT2D eigenvalue weighted by Crippen LogP contribution is -2.50. The molecule has 4 atom stereocenters. The Balaban J connectivity index is 2.04. The highest BCUT2D eigenvalue weighted by atomic mass is 35.5. The zero-order valence-corrected chi connectivity index (χ0v) is 17.0. The van der Waals surface area contributed by atoms with Crippen LogP contribution in [0.25, 0.3) is 0 Å². The maximum atomic E-state index is 12.7. The zero-order chi connectivity index (χ0) is 18.2. The Hall–Kier alpha value is 0.610. The monoisotopic (exact) mass is 471 g/mol. The van der Waals surface area contributed by atoms with Crippen molar-refractivity contribution in [2.24, 2.45) is 11.8 Å². The van der Waals surface area contributed by atoms with E-state index in [9.17, 15) is 9.59 Å². The third-order valence-electron chi connectivity index (χ3n) is 4.44. The molecule has 0 aromatic carbocycles. The number of carbonyl (C=O) groups excluding carboxylic acids is 2. The van der Waals surface area contributed by atoms with E-state index in [0.717, 1.165) is 0 Å². The topological polar surface area (TPSA) is 46.6 Å². The number of allylic oxidation sites excluding steroid dienone is 3. The molecule has 1 heterocycles. The van der Waals surface area contributed by atoms with Crippen LogP contribution in [0.5, 0.6) is 0 Å². The first kappa shape index (κ1) is 19.4. The van der Waals surface area contributed by atoms with Gasteiger partial charge in [-0.05, 0) is 13.0 Å². The van der Waals surface area contributed by atoms with Crippen molar-refractivity contribution in [2.45, 2.75) is 21.0 Å². The summed E-state index contributed by atoms with van der Waals surface area (Å²) in [5.41, 5.74) is 0. The van der Waals surface area contributed by atoms with Crippen molar-refractivity contribution >= 4 is 93.0 Å². The van der Waals surface area contributed by atoms with Crippen molar-refractivity contribution in [3.63, 3.8) is 0 Å². The maximum Gasteiger partial charge on any atom is 0.259 e. The van der Waals surface area contributed by atoms with Crippen LogP contribution >= 0.6 is 81.2 Å². The molecule has 24 heavy (non-hydrogen) atoms. The van der Waals surface area contributed by atoms with Crippen molar-refractivity contribution in [2.75, 3.05) is 6.61 Å². The van der Waals surface area contributed by atoms with Crippen LogP contribution < -0.4 is 0 Å². The molecule has 4 nitrogen and oxygen atoms in total. The van der Waals surface area contributed by atoms with E-state index in [1.165, 1.54) is 6.08 Å². The van der Waals surface area contributed by atoms with Crippen LogP contribution in [0.4, 0.5) is 0 Å². The molecule has 1 saturated carbocycles. The molecule has 11 heteroatoms. The van der Waals surface area contributed by atoms with Crippen molar-refractivity contribution < 1.29 is 14.4 Å². The first-order valence-corrected chi connectivity index (χ1v) is 9.23. The van der Waals surface area contributed by atoms with Gasteiger partial charge in [-0.25, -0.2) is 0 Å². The maximum absolute atomic E-state index is 12.7. The van der Waals surface area contributed by atoms with Gasteiger partial charge in [-0.15, -0.1) is 23.2 Å². The van der Waals surface area contributed by atoms with E-state index in [4.69, 9.17) is 86.0 Å². The molecule has 0 aromatic heterocycles. The summed E-state index contributed by atoms with van der Waals surface area (Å²) in [6.07, 6.45) is 1.48. The van der Waals surface area contributed by atoms with Gasteiger partial charge in [0.2, 0.25) is 0 Å². The van der Waals surface area contributed by atoms with E-state index in [1.807, 2.05) is 0 Å². The van der Waals surface area contributed by atoms with Crippen molar-refractivity contribution in [1.82, 2.24) is 5.06 Å². The Kier molecular flexibility index (Phi) is 4.68. The minimum Gasteiger partial charge on any atom is -0.272 e. The number of rotatable bonds is 3. The molecule has 2 aliphatic carbocycles. The quantitative estimate of drug-likeness (QED) is 0.447. The molecule has 2 fully saturated rings. The van der Waals surface area contributed by atoms with E-state index in [1.54, 1.807) is 6.92 Å². The highest BCUT2D eigenvalue weighted by Crippen LogP contribution is 2.77. The number of amides is 2. The molecular weight excluding hydrogens is 466 g/mol. The lowest BCUT2D eigenvalue weighted by Gasteiger charge is -2.34. The minimum atomic E-state index is -1.95. The number of hydroxylamine groups is 2. The second-order valence-electron chi connectivity index (χ2n) is 5.64. The molecule has 132 valence electrons. The number of halogens is 7. The smallest absolute Gasteiger partial charge is 0.259 e. The lowest BCUT2D eigenvalue weighted by atomic mass is 9.84. The fourth-order valence-electron chi connectivity index (χ4n) is 3.32. The van der Waals surface area contributed by atoms with Gasteiger partial charge in [-0.2, -0.15) is 5.06 Å². The van der Waals surface area contributed by atoms with Crippen molar-refractivity contribution in [1.29, 1.82) is 0 Å². The van der Waals surface area contributed by atoms with Crippen LogP contribution in [-0.4, -0.2) is 37.6 Å². The number of imide groups is 1. The molecule has 3 rings (SSSR count). The molecule has 4 unspecified atom stereocenters. The Morgan fingerprint density at radius 1 is 1.08 bits per heavy atom. The number of carbonyl (C=O) groups is 2. The second kappa shape index (κ2) is 5.80. The van der Waals surface area contributed by atoms with Gasteiger partial charge in [0.25, 0.3) is 11.8 Å². The van der Waals surface area contributed by atoms with Crippen LogP contribution in [0.2, 0.25) is 0 Å². The average Bonchev–Trinajstić information content (AvgIpc) is 2.86. The fourth-order valence-corrected chi connectivity index (χ4v) is 6.32. The molecule has 0 N–H and O–H groups in total. The van der Waals surface area contributed by atoms with Gasteiger partial charge < -0.3 is 0 Å². The lowest BCUT2D eigenvalue weighted by molar-refractivity contribution is -0.186. The first-order chi connectivity index (χ1) is 10.9. The van der Waals surface area contributed by atoms with Gasteiger partial charge in [0, 0.05) is 5.03 Å². The molecule has 0 aromatic rings. The largest absolute Gasteiger partial charge is 0.272 e. The summed E-state index contributed by atoms with van der Waals surface area (Å²) in [4.78, 5) is 26.9. The summed E-state index contributed by atoms with van der Waals surface area (Å²) in [5.74, 6) is -3.88. The average molecular weight is 474 g/mol. The molecule has 1 aliphatic heterocycles. The summed E-state index contributed by atoms with van der Waals surface area (Å²) in [6.45, 7) is 1.52. The fraction of sp³-hybridized carbons (Fsp3) is 0.538. The van der Waals surface area contributed by atoms with E-state index in [2.05, 4.69) is 0 Å². The molecular formula is C13H8Cl7NO3. The van der Waals surface area contributed by atoms with Crippen LogP contribution in [0.1, 0.15) is 6.92 Å². The zero-order valence-electron chi connectivity index (χ0n) is 11.8. The number of fused-ring (bicyclic) bond motifs is 5. The van der Waals surface area contributed by atoms with Gasteiger partial charge >= 0.3 is 0 Å². The number of hydrogen-bond acceptors (Lipinski definition) is 3. The van der Waals surface area contributed by atoms with E-state index >= 15 is 0 Å². The highest BCUT2D eigenvalue weighted by molar-refractivity contribution is 6.66. The summed E-state index contributed by atoms with van der Waals surface area (Å²) in [7, 11) is 0.